The molecule has 9 heteroatoms. The number of amides is 2. The van der Waals surface area contributed by atoms with Gasteiger partial charge >= 0.3 is 6.09 Å². The van der Waals surface area contributed by atoms with Crippen LogP contribution < -0.4 is 10.6 Å². The lowest BCUT2D eigenvalue weighted by atomic mass is 9.88. The molecule has 1 aliphatic heterocycles. The van der Waals surface area contributed by atoms with Crippen molar-refractivity contribution in [3.05, 3.63) is 107 Å². The second kappa shape index (κ2) is 17.5. The Kier molecular flexibility index (Phi) is 13.2. The molecular formula is C40H53N3O5S. The summed E-state index contributed by atoms with van der Waals surface area (Å²) in [7, 11) is 0. The molecule has 5 rings (SSSR count). The van der Waals surface area contributed by atoms with Crippen LogP contribution in [0.4, 0.5) is 4.79 Å². The van der Waals surface area contributed by atoms with Crippen LogP contribution in [0.15, 0.2) is 78.9 Å². The van der Waals surface area contributed by atoms with Crippen LogP contribution in [0.25, 0.3) is 0 Å². The number of carbonyl (C=O) groups excluding carboxylic acids is 2. The van der Waals surface area contributed by atoms with Gasteiger partial charge in [-0.15, -0.1) is 0 Å². The molecule has 8 nitrogen and oxygen atoms in total. The zero-order valence-corrected chi connectivity index (χ0v) is 30.0. The number of hydrogen-bond acceptors (Lipinski definition) is 7. The lowest BCUT2D eigenvalue weighted by molar-refractivity contribution is -0.127. The van der Waals surface area contributed by atoms with Crippen molar-refractivity contribution in [3.63, 3.8) is 0 Å². The molecule has 3 aromatic carbocycles. The molecule has 0 spiro atoms. The highest BCUT2D eigenvalue weighted by Crippen LogP contribution is 2.32. The van der Waals surface area contributed by atoms with Gasteiger partial charge in [0.2, 0.25) is 5.91 Å². The van der Waals surface area contributed by atoms with E-state index in [4.69, 9.17) is 4.74 Å². The number of fused-ring (bicyclic) bond motifs is 1. The second-order valence-electron chi connectivity index (χ2n) is 14.5. The van der Waals surface area contributed by atoms with Gasteiger partial charge in [-0.1, -0.05) is 78.9 Å². The van der Waals surface area contributed by atoms with Gasteiger partial charge in [0.25, 0.3) is 0 Å². The molecule has 3 aromatic rings. The van der Waals surface area contributed by atoms with E-state index in [0.29, 0.717) is 19.3 Å². The topological polar surface area (TPSA) is 111 Å². The van der Waals surface area contributed by atoms with E-state index in [1.807, 2.05) is 66.4 Å². The first-order chi connectivity index (χ1) is 23.5. The van der Waals surface area contributed by atoms with Gasteiger partial charge in [0.1, 0.15) is 5.60 Å². The van der Waals surface area contributed by atoms with Crippen LogP contribution in [0, 0.1) is 5.92 Å². The number of aryl methyl sites for hydroxylation is 1. The Morgan fingerprint density at radius 2 is 1.57 bits per heavy atom. The minimum Gasteiger partial charge on any atom is -0.444 e. The van der Waals surface area contributed by atoms with Crippen LogP contribution >= 0.6 is 11.8 Å². The Balaban J connectivity index is 1.31. The number of carbonyl (C=O) groups is 2. The van der Waals surface area contributed by atoms with Gasteiger partial charge in [-0.2, -0.15) is 11.8 Å². The Labute approximate surface area is 296 Å². The van der Waals surface area contributed by atoms with E-state index in [-0.39, 0.29) is 12.3 Å². The third-order valence-corrected chi connectivity index (χ3v) is 10.4. The number of rotatable bonds is 14. The highest BCUT2D eigenvalue weighted by Gasteiger charge is 2.35. The summed E-state index contributed by atoms with van der Waals surface area (Å²) in [5, 5.41) is 28.7. The number of aliphatic hydroxyl groups is 2. The van der Waals surface area contributed by atoms with E-state index in [9.17, 15) is 19.8 Å². The van der Waals surface area contributed by atoms with Crippen LogP contribution in [0.5, 0.6) is 0 Å². The van der Waals surface area contributed by atoms with E-state index in [1.165, 1.54) is 30.2 Å². The van der Waals surface area contributed by atoms with E-state index in [0.717, 1.165) is 41.6 Å². The summed E-state index contributed by atoms with van der Waals surface area (Å²) in [5.74, 6) is 1.58. The molecule has 1 heterocycles. The first-order valence-electron chi connectivity index (χ1n) is 17.7. The molecule has 2 aliphatic rings. The number of aliphatic hydroxyl groups excluding tert-OH is 2. The summed E-state index contributed by atoms with van der Waals surface area (Å²) >= 11 is 2.03. The fraction of sp³-hybridized carbons (Fsp3) is 0.500. The zero-order valence-electron chi connectivity index (χ0n) is 29.1. The lowest BCUT2D eigenvalue weighted by Gasteiger charge is -2.30. The predicted molar refractivity (Wildman–Crippen MR) is 197 cm³/mol. The van der Waals surface area contributed by atoms with Crippen LogP contribution in [0.3, 0.4) is 0 Å². The van der Waals surface area contributed by atoms with Gasteiger partial charge < -0.3 is 30.5 Å². The minimum absolute atomic E-state index is 0.111. The molecule has 1 aliphatic carbocycles. The van der Waals surface area contributed by atoms with E-state index < -0.39 is 41.9 Å². The van der Waals surface area contributed by atoms with E-state index in [1.54, 1.807) is 20.8 Å². The van der Waals surface area contributed by atoms with Crippen molar-refractivity contribution in [2.45, 2.75) is 89.2 Å². The van der Waals surface area contributed by atoms with Gasteiger partial charge in [-0.05, 0) is 87.2 Å². The van der Waals surface area contributed by atoms with Crippen molar-refractivity contribution in [1.29, 1.82) is 0 Å². The number of alkyl carbamates (subject to hydrolysis) is 1. The molecule has 0 radical (unpaired) electrons. The molecule has 1 fully saturated rings. The van der Waals surface area contributed by atoms with E-state index >= 15 is 0 Å². The maximum absolute atomic E-state index is 14.1. The summed E-state index contributed by atoms with van der Waals surface area (Å²) in [6.07, 6.45) is 1.09. The van der Waals surface area contributed by atoms with Crippen molar-refractivity contribution < 1.29 is 24.5 Å². The lowest BCUT2D eigenvalue weighted by Crippen LogP contribution is -2.48. The molecule has 0 saturated carbocycles. The number of nitrogens with zero attached hydrogens (tertiary/aromatic N) is 1. The fourth-order valence-electron chi connectivity index (χ4n) is 6.83. The molecule has 2 amide bonds. The third-order valence-electron chi connectivity index (χ3n) is 9.41. The van der Waals surface area contributed by atoms with Gasteiger partial charge in [0.15, 0.2) is 0 Å². The molecule has 264 valence electrons. The smallest absolute Gasteiger partial charge is 0.407 e. The molecule has 4 N–H and O–H groups in total. The molecule has 0 aromatic heterocycles. The summed E-state index contributed by atoms with van der Waals surface area (Å²) in [6.45, 7) is 8.84. The van der Waals surface area contributed by atoms with Crippen molar-refractivity contribution in [2.24, 2.45) is 5.92 Å². The van der Waals surface area contributed by atoms with Gasteiger partial charge in [0.05, 0.1) is 24.3 Å². The molecule has 5 atom stereocenters. The first kappa shape index (κ1) is 36.9. The molecule has 1 saturated heterocycles. The summed E-state index contributed by atoms with van der Waals surface area (Å²) in [6, 6.07) is 24.7. The SMILES string of the molecule is CC(C)(C)OC(=O)N[C@@H](Cc1ccccc1)[C@@H](O)C[C@@H](Cc1ccc(CCCN2CCSCC2)cc1)C(=O)N[C@H]1c2ccccc2C[C@H]1O. The highest BCUT2D eigenvalue weighted by molar-refractivity contribution is 7.99. The first-order valence-corrected chi connectivity index (χ1v) is 18.8. The van der Waals surface area contributed by atoms with Crippen molar-refractivity contribution in [3.8, 4) is 0 Å². The summed E-state index contributed by atoms with van der Waals surface area (Å²) in [5.41, 5.74) is 4.46. The number of benzene rings is 3. The Morgan fingerprint density at radius 3 is 2.29 bits per heavy atom. The fourth-order valence-corrected chi connectivity index (χ4v) is 7.80. The average molecular weight is 688 g/mol. The molecule has 0 unspecified atom stereocenters. The molecule has 0 bridgehead atoms. The highest BCUT2D eigenvalue weighted by atomic mass is 32.2. The zero-order chi connectivity index (χ0) is 34.8. The second-order valence-corrected chi connectivity index (χ2v) is 15.7. The van der Waals surface area contributed by atoms with Gasteiger partial charge in [-0.25, -0.2) is 4.79 Å². The monoisotopic (exact) mass is 687 g/mol. The van der Waals surface area contributed by atoms with Crippen LogP contribution in [0.1, 0.15) is 67.5 Å². The number of ether oxygens (including phenoxy) is 1. The van der Waals surface area contributed by atoms with Crippen molar-refractivity contribution in [2.75, 3.05) is 31.1 Å². The van der Waals surface area contributed by atoms with E-state index in [2.05, 4.69) is 39.8 Å². The van der Waals surface area contributed by atoms with Crippen LogP contribution in [0.2, 0.25) is 0 Å². The Hall–Kier alpha value is -3.37. The minimum atomic E-state index is -1.04. The maximum atomic E-state index is 14.1. The largest absolute Gasteiger partial charge is 0.444 e. The van der Waals surface area contributed by atoms with Crippen LogP contribution in [-0.2, 0) is 35.2 Å². The number of nitrogens with one attached hydrogen (secondary N) is 2. The van der Waals surface area contributed by atoms with Crippen LogP contribution in [-0.4, -0.2) is 82.1 Å². The molecule has 49 heavy (non-hydrogen) atoms. The van der Waals surface area contributed by atoms with Crippen molar-refractivity contribution in [1.82, 2.24) is 15.5 Å². The number of thioether (sulfide) groups is 1. The van der Waals surface area contributed by atoms with Gasteiger partial charge in [-0.3, -0.25) is 4.79 Å². The normalized spacial score (nSPS) is 19.8. The van der Waals surface area contributed by atoms with Crippen molar-refractivity contribution >= 4 is 23.8 Å². The predicted octanol–water partition coefficient (Wildman–Crippen LogP) is 5.49. The standard InChI is InChI=1S/C40H53N3O5S/c1-40(2,3)48-39(47)41-34(25-29-10-5-4-6-11-29)35(44)27-32(38(46)42-37-33-14-8-7-13-31(33)26-36(37)45)24-30-17-15-28(16-18-30)12-9-19-43-20-22-49-23-21-43/h4-8,10-11,13-18,32,34-37,44-45H,9,12,19-27H2,1-3H3,(H,41,47)(H,42,46)/t32-,34+,35+,36-,37+/m1/s1. The molecular weight excluding hydrogens is 635 g/mol. The maximum Gasteiger partial charge on any atom is 0.407 e. The third kappa shape index (κ3) is 11.3. The number of hydrogen-bond donors (Lipinski definition) is 4. The summed E-state index contributed by atoms with van der Waals surface area (Å²) < 4.78 is 5.54. The average Bonchev–Trinajstić information content (AvgIpc) is 3.39. The van der Waals surface area contributed by atoms with Gasteiger partial charge in [0, 0.05) is 36.9 Å². The Morgan fingerprint density at radius 1 is 0.918 bits per heavy atom. The quantitative estimate of drug-likeness (QED) is 0.178. The Bertz CT molecular complexity index is 1490. The summed E-state index contributed by atoms with van der Waals surface area (Å²) in [4.78, 5) is 29.5.